The Hall–Kier alpha value is -0.970. The number of nitrogens with two attached hydrogens (primary N) is 1. The van der Waals surface area contributed by atoms with E-state index in [0.29, 0.717) is 16.8 Å². The summed E-state index contributed by atoms with van der Waals surface area (Å²) >= 11 is 7.58. The number of rotatable bonds is 5. The number of halogens is 1. The van der Waals surface area contributed by atoms with Gasteiger partial charge in [0.1, 0.15) is 0 Å². The van der Waals surface area contributed by atoms with Crippen LogP contribution in [0.1, 0.15) is 12.8 Å². The third kappa shape index (κ3) is 3.51. The first-order valence-corrected chi connectivity index (χ1v) is 7.14. The first kappa shape index (κ1) is 13.5. The molecule has 96 valence electrons. The summed E-state index contributed by atoms with van der Waals surface area (Å²) in [6, 6.07) is 7.51. The molecule has 1 aromatic carbocycles. The molecule has 0 fully saturated rings. The molecule has 18 heavy (non-hydrogen) atoms. The molecule has 0 spiro atoms. The fourth-order valence-electron chi connectivity index (χ4n) is 1.41. The average molecular weight is 283 g/mol. The van der Waals surface area contributed by atoms with Gasteiger partial charge < -0.3 is 10.2 Å². The van der Waals surface area contributed by atoms with Gasteiger partial charge in [-0.05, 0) is 24.3 Å². The molecule has 0 saturated carbocycles. The van der Waals surface area contributed by atoms with Crippen LogP contribution >= 0.6 is 23.4 Å². The summed E-state index contributed by atoms with van der Waals surface area (Å²) in [4.78, 5) is 4.26. The van der Waals surface area contributed by atoms with Crippen LogP contribution in [0.3, 0.4) is 0 Å². The molecule has 5 heteroatoms. The largest absolute Gasteiger partial charge is 0.440 e. The Bertz CT molecular complexity index is 498. The molecule has 0 saturated heterocycles. The zero-order chi connectivity index (χ0) is 13.0. The van der Waals surface area contributed by atoms with Gasteiger partial charge in [0, 0.05) is 22.4 Å². The number of nitrogens with zero attached hydrogens (tertiary/aromatic N) is 1. The Balaban J connectivity index is 2.03. The number of hydrogen-bond donors (Lipinski definition) is 1. The van der Waals surface area contributed by atoms with Crippen LogP contribution in [0.25, 0.3) is 11.3 Å². The first-order valence-electron chi connectivity index (χ1n) is 5.71. The molecule has 0 aliphatic rings. The van der Waals surface area contributed by atoms with Crippen LogP contribution in [0.5, 0.6) is 0 Å². The van der Waals surface area contributed by atoms with Gasteiger partial charge in [-0.25, -0.2) is 4.98 Å². The van der Waals surface area contributed by atoms with E-state index in [0.717, 1.165) is 23.0 Å². The number of aromatic nitrogens is 1. The van der Waals surface area contributed by atoms with E-state index in [1.807, 2.05) is 24.3 Å². The van der Waals surface area contributed by atoms with E-state index in [4.69, 9.17) is 21.8 Å². The fraction of sp³-hybridized carbons (Fsp3) is 0.308. The molecule has 1 aromatic heterocycles. The molecule has 0 bridgehead atoms. The van der Waals surface area contributed by atoms with Crippen LogP contribution in [0.2, 0.25) is 5.02 Å². The quantitative estimate of drug-likeness (QED) is 0.911. The van der Waals surface area contributed by atoms with E-state index in [1.165, 1.54) is 0 Å². The number of hydrogen-bond acceptors (Lipinski definition) is 4. The second kappa shape index (κ2) is 6.27. The van der Waals surface area contributed by atoms with Gasteiger partial charge in [-0.3, -0.25) is 0 Å². The van der Waals surface area contributed by atoms with E-state index in [9.17, 15) is 0 Å². The van der Waals surface area contributed by atoms with Crippen LogP contribution in [-0.2, 0) is 5.75 Å². The van der Waals surface area contributed by atoms with Gasteiger partial charge in [0.15, 0.2) is 5.76 Å². The summed E-state index contributed by atoms with van der Waals surface area (Å²) in [5.41, 5.74) is 6.54. The highest BCUT2D eigenvalue weighted by Gasteiger charge is 2.08. The summed E-state index contributed by atoms with van der Waals surface area (Å²) in [5, 5.41) is 1.13. The van der Waals surface area contributed by atoms with Crippen molar-refractivity contribution < 1.29 is 4.42 Å². The minimum absolute atomic E-state index is 0.413. The van der Waals surface area contributed by atoms with E-state index in [1.54, 1.807) is 18.0 Å². The molecule has 0 amide bonds. The van der Waals surface area contributed by atoms with Crippen LogP contribution in [-0.4, -0.2) is 16.8 Å². The zero-order valence-corrected chi connectivity index (χ0v) is 11.7. The standard InChI is InChI=1S/C13H15ClN2OS/c1-9(6-15)18-8-13-16-7-12(17-13)10-2-4-11(14)5-3-10/h2-5,7,9H,6,8,15H2,1H3. The van der Waals surface area contributed by atoms with E-state index >= 15 is 0 Å². The van der Waals surface area contributed by atoms with Gasteiger partial charge in [-0.15, -0.1) is 11.8 Å². The fourth-order valence-corrected chi connectivity index (χ4v) is 2.23. The van der Waals surface area contributed by atoms with Crippen molar-refractivity contribution in [2.75, 3.05) is 6.54 Å². The summed E-state index contributed by atoms with van der Waals surface area (Å²) in [6.45, 7) is 2.75. The van der Waals surface area contributed by atoms with Crippen molar-refractivity contribution in [3.63, 3.8) is 0 Å². The highest BCUT2D eigenvalue weighted by atomic mass is 35.5. The minimum Gasteiger partial charge on any atom is -0.440 e. The molecule has 2 N–H and O–H groups in total. The second-order valence-electron chi connectivity index (χ2n) is 3.98. The third-order valence-electron chi connectivity index (χ3n) is 2.51. The summed E-state index contributed by atoms with van der Waals surface area (Å²) < 4.78 is 5.69. The van der Waals surface area contributed by atoms with Crippen molar-refractivity contribution in [1.82, 2.24) is 4.98 Å². The van der Waals surface area contributed by atoms with Crippen molar-refractivity contribution in [2.24, 2.45) is 5.73 Å². The van der Waals surface area contributed by atoms with Crippen LogP contribution < -0.4 is 5.73 Å². The molecule has 1 atom stereocenters. The average Bonchev–Trinajstić information content (AvgIpc) is 2.85. The monoisotopic (exact) mass is 282 g/mol. The smallest absolute Gasteiger partial charge is 0.204 e. The lowest BCUT2D eigenvalue weighted by Crippen LogP contribution is -2.12. The number of thioether (sulfide) groups is 1. The Morgan fingerprint density at radius 3 is 2.78 bits per heavy atom. The van der Waals surface area contributed by atoms with Crippen LogP contribution in [0.4, 0.5) is 0 Å². The highest BCUT2D eigenvalue weighted by Crippen LogP contribution is 2.24. The number of benzene rings is 1. The molecule has 1 unspecified atom stereocenters. The normalized spacial score (nSPS) is 12.6. The lowest BCUT2D eigenvalue weighted by molar-refractivity contribution is 0.529. The van der Waals surface area contributed by atoms with Crippen LogP contribution in [0.15, 0.2) is 34.9 Å². The minimum atomic E-state index is 0.413. The lowest BCUT2D eigenvalue weighted by atomic mass is 10.2. The van der Waals surface area contributed by atoms with Crippen molar-refractivity contribution in [2.45, 2.75) is 17.9 Å². The molecular formula is C13H15ClN2OS. The zero-order valence-electron chi connectivity index (χ0n) is 10.1. The van der Waals surface area contributed by atoms with Gasteiger partial charge in [0.2, 0.25) is 5.89 Å². The molecule has 0 radical (unpaired) electrons. The number of oxazole rings is 1. The molecule has 1 heterocycles. The third-order valence-corrected chi connectivity index (χ3v) is 3.93. The Labute approximate surface area is 116 Å². The highest BCUT2D eigenvalue weighted by molar-refractivity contribution is 7.99. The summed E-state index contributed by atoms with van der Waals surface area (Å²) in [7, 11) is 0. The molecular weight excluding hydrogens is 268 g/mol. The molecule has 0 aliphatic heterocycles. The van der Waals surface area contributed by atoms with Crippen molar-refractivity contribution in [3.05, 3.63) is 41.4 Å². The lowest BCUT2D eigenvalue weighted by Gasteiger charge is -2.04. The van der Waals surface area contributed by atoms with Crippen molar-refractivity contribution in [1.29, 1.82) is 0 Å². The van der Waals surface area contributed by atoms with Crippen LogP contribution in [0, 0.1) is 0 Å². The van der Waals surface area contributed by atoms with E-state index in [-0.39, 0.29) is 0 Å². The molecule has 0 aliphatic carbocycles. The Morgan fingerprint density at radius 1 is 1.39 bits per heavy atom. The predicted molar refractivity (Wildman–Crippen MR) is 76.8 cm³/mol. The SMILES string of the molecule is CC(CN)SCc1ncc(-c2ccc(Cl)cc2)o1. The maximum atomic E-state index is 5.84. The van der Waals surface area contributed by atoms with Crippen molar-refractivity contribution in [3.8, 4) is 11.3 Å². The summed E-state index contributed by atoms with van der Waals surface area (Å²) in [5.74, 6) is 2.24. The van der Waals surface area contributed by atoms with E-state index < -0.39 is 0 Å². The van der Waals surface area contributed by atoms with Gasteiger partial charge in [-0.1, -0.05) is 18.5 Å². The Kier molecular flexibility index (Phi) is 4.69. The van der Waals surface area contributed by atoms with E-state index in [2.05, 4.69) is 11.9 Å². The Morgan fingerprint density at radius 2 is 2.11 bits per heavy atom. The molecule has 3 nitrogen and oxygen atoms in total. The molecule has 2 rings (SSSR count). The predicted octanol–water partition coefficient (Wildman–Crippen LogP) is 3.58. The van der Waals surface area contributed by atoms with Gasteiger partial charge in [0.05, 0.1) is 11.9 Å². The maximum Gasteiger partial charge on any atom is 0.204 e. The van der Waals surface area contributed by atoms with Gasteiger partial charge in [-0.2, -0.15) is 0 Å². The van der Waals surface area contributed by atoms with Crippen molar-refractivity contribution >= 4 is 23.4 Å². The second-order valence-corrected chi connectivity index (χ2v) is 5.85. The topological polar surface area (TPSA) is 52.0 Å². The maximum absolute atomic E-state index is 5.84. The van der Waals surface area contributed by atoms with Gasteiger partial charge >= 0.3 is 0 Å². The summed E-state index contributed by atoms with van der Waals surface area (Å²) in [6.07, 6.45) is 1.74. The first-order chi connectivity index (χ1) is 8.69. The van der Waals surface area contributed by atoms with Gasteiger partial charge in [0.25, 0.3) is 0 Å². The molecule has 2 aromatic rings.